The minimum absolute atomic E-state index is 0.170. The van der Waals surface area contributed by atoms with E-state index in [1.165, 1.54) is 44.3 Å². The van der Waals surface area contributed by atoms with Gasteiger partial charge in [-0.2, -0.15) is 0 Å². The zero-order valence-corrected chi connectivity index (χ0v) is 29.0. The van der Waals surface area contributed by atoms with E-state index >= 15 is 0 Å². The van der Waals surface area contributed by atoms with Crippen molar-refractivity contribution in [3.05, 3.63) is 31.0 Å². The van der Waals surface area contributed by atoms with Gasteiger partial charge in [0.15, 0.2) is 0 Å². The average molecular weight is 604 g/mol. The number of allylic oxidation sites excluding steroid dienone is 1. The Balaban J connectivity index is 0.000000289. The van der Waals surface area contributed by atoms with Crippen LogP contribution < -0.4 is 0 Å². The molecule has 1 aromatic heterocycles. The summed E-state index contributed by atoms with van der Waals surface area (Å²) in [6.07, 6.45) is 16.9. The molecule has 0 bridgehead atoms. The summed E-state index contributed by atoms with van der Waals surface area (Å²) in [6, 6.07) is 1.73. The number of hydrogen-bond acceptors (Lipinski definition) is 5. The maximum atomic E-state index is 11.6. The van der Waals surface area contributed by atoms with E-state index in [4.69, 9.17) is 4.74 Å². The molecular weight excluding hydrogens is 538 g/mol. The molecular formula is C35H65N5O3. The minimum Gasteiger partial charge on any atom is -0.378 e. The third kappa shape index (κ3) is 14.3. The molecule has 1 aromatic rings. The van der Waals surface area contributed by atoms with Crippen molar-refractivity contribution < 1.29 is 14.3 Å². The van der Waals surface area contributed by atoms with Crippen molar-refractivity contribution >= 4 is 11.8 Å². The first-order valence-corrected chi connectivity index (χ1v) is 17.2. The van der Waals surface area contributed by atoms with Gasteiger partial charge >= 0.3 is 0 Å². The fourth-order valence-electron chi connectivity index (χ4n) is 5.21. The van der Waals surface area contributed by atoms with Crippen molar-refractivity contribution in [2.45, 2.75) is 138 Å². The Bertz CT molecular complexity index is 884. The van der Waals surface area contributed by atoms with Gasteiger partial charge < -0.3 is 24.0 Å². The van der Waals surface area contributed by atoms with Crippen LogP contribution in [0.2, 0.25) is 0 Å². The smallest absolute Gasteiger partial charge is 0.225 e. The van der Waals surface area contributed by atoms with Crippen LogP contribution in [-0.4, -0.2) is 87.5 Å². The van der Waals surface area contributed by atoms with E-state index < -0.39 is 0 Å². The molecule has 0 spiro atoms. The number of rotatable bonds is 8. The van der Waals surface area contributed by atoms with Gasteiger partial charge in [-0.3, -0.25) is 9.59 Å². The number of amides is 2. The number of ether oxygens (including phenoxy) is 1. The standard InChI is InChI=1S/C10H19NO.C9H17NO2.C9H17N.C7H12N2/c1-3-9(2)11-8-6-4-5-7-10(11)12;1-3-8(2)9(11)10-4-6-12-7-5-10;1-4-8(2)10-7-5-6-9(10)3;1-3-7(2)9-5-4-8-6-9/h9H,3-8H2,1-2H3;8H,3-7H2,1-2H3;8H,3-7H2,1-2H3;4-7H,3H2,1-2H3. The van der Waals surface area contributed by atoms with Crippen molar-refractivity contribution in [1.82, 2.24) is 24.3 Å². The second-order valence-corrected chi connectivity index (χ2v) is 12.3. The summed E-state index contributed by atoms with van der Waals surface area (Å²) in [7, 11) is 0. The monoisotopic (exact) mass is 604 g/mol. The molecule has 0 N–H and O–H groups in total. The summed E-state index contributed by atoms with van der Waals surface area (Å²) < 4.78 is 7.28. The van der Waals surface area contributed by atoms with E-state index in [9.17, 15) is 9.59 Å². The molecule has 0 aromatic carbocycles. The summed E-state index contributed by atoms with van der Waals surface area (Å²) in [5.74, 6) is 0.811. The molecule has 8 nitrogen and oxygen atoms in total. The molecule has 248 valence electrons. The highest BCUT2D eigenvalue weighted by molar-refractivity contribution is 5.78. The molecule has 0 aliphatic carbocycles. The van der Waals surface area contributed by atoms with E-state index in [0.717, 1.165) is 51.7 Å². The summed E-state index contributed by atoms with van der Waals surface area (Å²) >= 11 is 0. The lowest BCUT2D eigenvalue weighted by Crippen LogP contribution is -2.43. The zero-order chi connectivity index (χ0) is 32.2. The Morgan fingerprint density at radius 2 is 1.42 bits per heavy atom. The van der Waals surface area contributed by atoms with Crippen molar-refractivity contribution in [3.63, 3.8) is 0 Å². The number of carbonyl (C=O) groups excluding carboxylic acids is 2. The Hall–Kier alpha value is -2.35. The lowest BCUT2D eigenvalue weighted by molar-refractivity contribution is -0.139. The fraction of sp³-hybridized carbons (Fsp3) is 0.800. The van der Waals surface area contributed by atoms with E-state index in [-0.39, 0.29) is 11.8 Å². The highest BCUT2D eigenvalue weighted by atomic mass is 16.5. The maximum Gasteiger partial charge on any atom is 0.225 e. The van der Waals surface area contributed by atoms with Gasteiger partial charge in [0.05, 0.1) is 19.5 Å². The molecule has 4 atom stereocenters. The van der Waals surface area contributed by atoms with Gasteiger partial charge in [-0.25, -0.2) is 4.98 Å². The molecule has 8 heteroatoms. The first-order chi connectivity index (χ1) is 20.6. The molecule has 3 aliphatic heterocycles. The normalized spacial score (nSPS) is 19.9. The van der Waals surface area contributed by atoms with Gasteiger partial charge in [0.25, 0.3) is 0 Å². The number of aromatic nitrogens is 2. The van der Waals surface area contributed by atoms with Gasteiger partial charge in [-0.05, 0) is 72.1 Å². The van der Waals surface area contributed by atoms with Crippen LogP contribution in [0.15, 0.2) is 31.0 Å². The van der Waals surface area contributed by atoms with Crippen molar-refractivity contribution in [3.8, 4) is 0 Å². The van der Waals surface area contributed by atoms with Crippen molar-refractivity contribution in [1.29, 1.82) is 0 Å². The van der Waals surface area contributed by atoms with Crippen LogP contribution >= 0.6 is 0 Å². The molecule has 0 radical (unpaired) electrons. The first-order valence-electron chi connectivity index (χ1n) is 17.2. The van der Waals surface area contributed by atoms with E-state index in [1.54, 1.807) is 0 Å². The topological polar surface area (TPSA) is 70.9 Å². The van der Waals surface area contributed by atoms with Crippen LogP contribution in [-0.2, 0) is 14.3 Å². The number of imidazole rings is 1. The average Bonchev–Trinajstić information content (AvgIpc) is 3.69. The largest absolute Gasteiger partial charge is 0.378 e. The van der Waals surface area contributed by atoms with Crippen molar-refractivity contribution in [2.75, 3.05) is 39.4 Å². The Morgan fingerprint density at radius 1 is 0.814 bits per heavy atom. The van der Waals surface area contributed by atoms with Gasteiger partial charge in [-0.1, -0.05) is 47.6 Å². The second kappa shape index (κ2) is 22.2. The SMILES string of the molecule is C=C1CCCN1C(C)CC.CCC(C)C(=O)N1CCOCC1.CCC(C)N1CCCCCC1=O.CCC(C)n1ccnc1. The summed E-state index contributed by atoms with van der Waals surface area (Å²) in [5, 5.41) is 0. The van der Waals surface area contributed by atoms with Crippen LogP contribution in [0.3, 0.4) is 0 Å². The summed E-state index contributed by atoms with van der Waals surface area (Å²) in [6.45, 7) is 26.3. The molecule has 4 rings (SSSR count). The molecule has 4 unspecified atom stereocenters. The number of morpholine rings is 1. The highest BCUT2D eigenvalue weighted by Crippen LogP contribution is 2.22. The number of likely N-dealkylation sites (tertiary alicyclic amines) is 2. The number of nitrogens with zero attached hydrogens (tertiary/aromatic N) is 5. The van der Waals surface area contributed by atoms with Crippen LogP contribution in [0.5, 0.6) is 0 Å². The zero-order valence-electron chi connectivity index (χ0n) is 29.0. The predicted molar refractivity (Wildman–Crippen MR) is 179 cm³/mol. The molecule has 3 saturated heterocycles. The third-order valence-corrected chi connectivity index (χ3v) is 9.11. The molecule has 43 heavy (non-hydrogen) atoms. The Morgan fingerprint density at radius 3 is 1.93 bits per heavy atom. The molecule has 4 heterocycles. The molecule has 2 amide bonds. The number of carbonyl (C=O) groups is 2. The van der Waals surface area contributed by atoms with Gasteiger partial charge in [0.2, 0.25) is 11.8 Å². The fourth-order valence-corrected chi connectivity index (χ4v) is 5.21. The highest BCUT2D eigenvalue weighted by Gasteiger charge is 2.21. The van der Waals surface area contributed by atoms with Gasteiger partial charge in [0.1, 0.15) is 0 Å². The maximum absolute atomic E-state index is 11.6. The van der Waals surface area contributed by atoms with Gasteiger partial charge in [0, 0.05) is 74.7 Å². The number of hydrogen-bond donors (Lipinski definition) is 0. The lowest BCUT2D eigenvalue weighted by atomic mass is 10.1. The van der Waals surface area contributed by atoms with E-state index in [1.807, 2.05) is 42.4 Å². The molecule has 3 aliphatic rings. The minimum atomic E-state index is 0.170. The van der Waals surface area contributed by atoms with E-state index in [0.29, 0.717) is 37.2 Å². The predicted octanol–water partition coefficient (Wildman–Crippen LogP) is 7.33. The summed E-state index contributed by atoms with van der Waals surface area (Å²) in [5.41, 5.74) is 1.34. The first kappa shape index (κ1) is 38.7. The summed E-state index contributed by atoms with van der Waals surface area (Å²) in [4.78, 5) is 33.5. The Kier molecular flexibility index (Phi) is 20.0. The van der Waals surface area contributed by atoms with Crippen LogP contribution in [0.25, 0.3) is 0 Å². The van der Waals surface area contributed by atoms with Crippen LogP contribution in [0, 0.1) is 5.92 Å². The Labute approximate surface area is 264 Å². The van der Waals surface area contributed by atoms with E-state index in [2.05, 4.69) is 62.6 Å². The lowest BCUT2D eigenvalue weighted by Gasteiger charge is -2.28. The van der Waals surface area contributed by atoms with Gasteiger partial charge in [-0.15, -0.1) is 0 Å². The quantitative estimate of drug-likeness (QED) is 0.311. The van der Waals surface area contributed by atoms with Crippen LogP contribution in [0.1, 0.15) is 126 Å². The second-order valence-electron chi connectivity index (χ2n) is 12.3. The molecule has 0 saturated carbocycles. The van der Waals surface area contributed by atoms with Crippen molar-refractivity contribution in [2.24, 2.45) is 5.92 Å². The third-order valence-electron chi connectivity index (χ3n) is 9.11. The molecule has 3 fully saturated rings. The van der Waals surface area contributed by atoms with Crippen LogP contribution in [0.4, 0.5) is 0 Å².